The number of piperidine rings is 1. The first-order valence-electron chi connectivity index (χ1n) is 13.0. The zero-order valence-corrected chi connectivity index (χ0v) is 23.2. The van der Waals surface area contributed by atoms with Crippen LogP contribution in [-0.2, 0) is 22.2 Å². The van der Waals surface area contributed by atoms with Crippen molar-refractivity contribution in [1.82, 2.24) is 4.31 Å². The molecule has 0 bridgehead atoms. The summed E-state index contributed by atoms with van der Waals surface area (Å²) in [6, 6.07) is 21.2. The van der Waals surface area contributed by atoms with Gasteiger partial charge in [0.2, 0.25) is 5.91 Å². The molecule has 2 aliphatic rings. The number of thiophene rings is 1. The van der Waals surface area contributed by atoms with Crippen LogP contribution in [0.2, 0.25) is 0 Å². The molecule has 0 radical (unpaired) electrons. The maximum absolute atomic E-state index is 13.4. The minimum atomic E-state index is -1.25. The van der Waals surface area contributed by atoms with Crippen molar-refractivity contribution < 1.29 is 18.5 Å². The van der Waals surface area contributed by atoms with E-state index in [-0.39, 0.29) is 17.7 Å². The highest BCUT2D eigenvalue weighted by Gasteiger charge is 2.32. The summed E-state index contributed by atoms with van der Waals surface area (Å²) in [5.74, 6) is 0.448. The molecule has 39 heavy (non-hydrogen) atoms. The number of ether oxygens (including phenoxy) is 1. The van der Waals surface area contributed by atoms with Crippen LogP contribution in [0.5, 0.6) is 5.75 Å². The topological polar surface area (TPSA) is 79.0 Å². The fraction of sp³-hybridized carbons (Fsp3) is 0.267. The average molecular weight is 560 g/mol. The number of hydrogen-bond donors (Lipinski definition) is 1. The third-order valence-corrected chi connectivity index (χ3v) is 10.1. The highest BCUT2D eigenvalue weighted by molar-refractivity contribution is 7.85. The van der Waals surface area contributed by atoms with Crippen LogP contribution in [0, 0.1) is 5.92 Å². The minimum absolute atomic E-state index is 0.0217. The summed E-state index contributed by atoms with van der Waals surface area (Å²) in [6.07, 6.45) is 2.29. The molecule has 200 valence electrons. The predicted molar refractivity (Wildman–Crippen MR) is 156 cm³/mol. The van der Waals surface area contributed by atoms with Gasteiger partial charge in [0.15, 0.2) is 0 Å². The van der Waals surface area contributed by atoms with E-state index in [0.717, 1.165) is 44.8 Å². The van der Waals surface area contributed by atoms with Gasteiger partial charge in [-0.3, -0.25) is 9.59 Å². The van der Waals surface area contributed by atoms with Gasteiger partial charge in [-0.2, -0.15) is 0 Å². The standard InChI is InChI=1S/C30H29N3O4S2/c1-37-22-11-9-20(10-12-22)15-17-33-26-14-13-25(23-6-2-7-24(28(23)26)30(33)35)31-29(34)21-5-3-16-32(19-21)39(36)27-8-4-18-38-27/h2,4,6-14,18,21H,3,5,15-17,19H2,1H3,(H,31,34). The van der Waals surface area contributed by atoms with E-state index in [1.807, 2.05) is 81.3 Å². The molecule has 1 N–H and O–H groups in total. The smallest absolute Gasteiger partial charge is 0.259 e. The van der Waals surface area contributed by atoms with Gasteiger partial charge in [0.25, 0.3) is 5.91 Å². The van der Waals surface area contributed by atoms with Crippen LogP contribution in [0.1, 0.15) is 28.8 Å². The molecule has 2 amide bonds. The number of benzene rings is 3. The molecule has 0 saturated carbocycles. The van der Waals surface area contributed by atoms with Crippen LogP contribution < -0.4 is 15.0 Å². The normalized spacial score (nSPS) is 17.9. The number of anilines is 2. The lowest BCUT2D eigenvalue weighted by molar-refractivity contribution is -0.120. The first kappa shape index (κ1) is 25.7. The van der Waals surface area contributed by atoms with Gasteiger partial charge in [-0.05, 0) is 66.6 Å². The molecule has 1 aromatic heterocycles. The molecule has 2 unspecified atom stereocenters. The quantitative estimate of drug-likeness (QED) is 0.310. The van der Waals surface area contributed by atoms with Gasteiger partial charge >= 0.3 is 0 Å². The largest absolute Gasteiger partial charge is 0.497 e. The van der Waals surface area contributed by atoms with Crippen LogP contribution in [0.25, 0.3) is 10.8 Å². The van der Waals surface area contributed by atoms with Crippen molar-refractivity contribution >= 4 is 56.3 Å². The number of hydrogen-bond acceptors (Lipinski definition) is 5. The van der Waals surface area contributed by atoms with Gasteiger partial charge in [-0.1, -0.05) is 30.3 Å². The van der Waals surface area contributed by atoms with Crippen molar-refractivity contribution in [3.05, 3.63) is 83.2 Å². The molecule has 3 heterocycles. The number of amides is 2. The van der Waals surface area contributed by atoms with Crippen molar-refractivity contribution in [3.63, 3.8) is 0 Å². The highest BCUT2D eigenvalue weighted by Crippen LogP contribution is 2.41. The lowest BCUT2D eigenvalue weighted by atomic mass is 9.98. The molecule has 9 heteroatoms. The van der Waals surface area contributed by atoms with E-state index in [0.29, 0.717) is 37.3 Å². The van der Waals surface area contributed by atoms with Crippen molar-refractivity contribution in [2.45, 2.75) is 23.5 Å². The minimum Gasteiger partial charge on any atom is -0.497 e. The molecule has 1 saturated heterocycles. The summed E-state index contributed by atoms with van der Waals surface area (Å²) in [6.45, 7) is 1.72. The number of carbonyl (C=O) groups excluding carboxylic acids is 2. The monoisotopic (exact) mass is 559 g/mol. The Labute approximate surface area is 234 Å². The van der Waals surface area contributed by atoms with E-state index in [4.69, 9.17) is 4.74 Å². The van der Waals surface area contributed by atoms with Crippen LogP contribution >= 0.6 is 11.3 Å². The molecule has 0 aliphatic carbocycles. The zero-order chi connectivity index (χ0) is 26.9. The maximum atomic E-state index is 13.4. The third-order valence-electron chi connectivity index (χ3n) is 7.48. The van der Waals surface area contributed by atoms with Crippen LogP contribution in [0.4, 0.5) is 11.4 Å². The second-order valence-electron chi connectivity index (χ2n) is 9.81. The zero-order valence-electron chi connectivity index (χ0n) is 21.6. The molecule has 2 aliphatic heterocycles. The summed E-state index contributed by atoms with van der Waals surface area (Å²) in [5, 5.41) is 6.77. The van der Waals surface area contributed by atoms with E-state index in [9.17, 15) is 13.8 Å². The van der Waals surface area contributed by atoms with Gasteiger partial charge < -0.3 is 15.0 Å². The Balaban J connectivity index is 1.19. The molecular formula is C30H29N3O4S2. The highest BCUT2D eigenvalue weighted by atomic mass is 32.2. The third kappa shape index (κ3) is 4.97. The van der Waals surface area contributed by atoms with E-state index in [2.05, 4.69) is 5.32 Å². The summed E-state index contributed by atoms with van der Waals surface area (Å²) >= 11 is 1.47. The number of nitrogens with zero attached hydrogens (tertiary/aromatic N) is 2. The average Bonchev–Trinajstić information content (AvgIpc) is 3.61. The van der Waals surface area contributed by atoms with Crippen LogP contribution in [0.15, 0.2) is 76.3 Å². The predicted octanol–water partition coefficient (Wildman–Crippen LogP) is 5.49. The molecular weight excluding hydrogens is 530 g/mol. The van der Waals surface area contributed by atoms with E-state index in [1.54, 1.807) is 7.11 Å². The van der Waals surface area contributed by atoms with Gasteiger partial charge in [0.1, 0.15) is 20.9 Å². The van der Waals surface area contributed by atoms with E-state index in [1.165, 1.54) is 11.3 Å². The summed E-state index contributed by atoms with van der Waals surface area (Å²) in [7, 11) is 0.398. The second kappa shape index (κ2) is 10.9. The molecule has 1 fully saturated rings. The molecule has 0 spiro atoms. The van der Waals surface area contributed by atoms with Crippen LogP contribution in [-0.4, -0.2) is 47.1 Å². The summed E-state index contributed by atoms with van der Waals surface area (Å²) in [4.78, 5) is 28.6. The van der Waals surface area contributed by atoms with Gasteiger partial charge in [0, 0.05) is 41.7 Å². The Hall–Kier alpha value is -3.53. The first-order chi connectivity index (χ1) is 19.0. The van der Waals surface area contributed by atoms with Crippen LogP contribution in [0.3, 0.4) is 0 Å². The Morgan fingerprint density at radius 2 is 1.95 bits per heavy atom. The second-order valence-corrected chi connectivity index (χ2v) is 12.5. The molecule has 7 nitrogen and oxygen atoms in total. The first-order valence-corrected chi connectivity index (χ1v) is 15.0. The molecule has 6 rings (SSSR count). The molecule has 2 atom stereocenters. The number of methoxy groups -OCH3 is 1. The number of rotatable bonds is 8. The van der Waals surface area contributed by atoms with Crippen molar-refractivity contribution in [2.75, 3.05) is 37.0 Å². The SMILES string of the molecule is COc1ccc(CCN2C(=O)c3cccc4c(NC(=O)C5CCCN(S(=O)c6cccs6)C5)ccc2c34)cc1. The number of nitrogens with one attached hydrogen (secondary N) is 1. The Morgan fingerprint density at radius 3 is 2.72 bits per heavy atom. The number of carbonyl (C=O) groups is 2. The summed E-state index contributed by atoms with van der Waals surface area (Å²) < 4.78 is 20.9. The Kier molecular flexibility index (Phi) is 7.20. The Bertz CT molecular complexity index is 1550. The van der Waals surface area contributed by atoms with Crippen molar-refractivity contribution in [1.29, 1.82) is 0 Å². The lowest BCUT2D eigenvalue weighted by Crippen LogP contribution is -2.41. The fourth-order valence-corrected chi connectivity index (χ4v) is 7.76. The molecule has 4 aromatic rings. The summed E-state index contributed by atoms with van der Waals surface area (Å²) in [5.41, 5.74) is 3.35. The molecule has 3 aromatic carbocycles. The van der Waals surface area contributed by atoms with E-state index >= 15 is 0 Å². The van der Waals surface area contributed by atoms with Gasteiger partial charge in [-0.15, -0.1) is 11.3 Å². The van der Waals surface area contributed by atoms with E-state index < -0.39 is 11.0 Å². The fourth-order valence-electron chi connectivity index (χ4n) is 5.44. The lowest BCUT2D eigenvalue weighted by Gasteiger charge is -2.30. The van der Waals surface area contributed by atoms with Gasteiger partial charge in [-0.25, -0.2) is 8.51 Å². The maximum Gasteiger partial charge on any atom is 0.259 e. The Morgan fingerprint density at radius 1 is 1.10 bits per heavy atom. The van der Waals surface area contributed by atoms with Gasteiger partial charge in [0.05, 0.1) is 18.7 Å². The van der Waals surface area contributed by atoms with Crippen molar-refractivity contribution in [3.8, 4) is 5.75 Å². The van der Waals surface area contributed by atoms with Crippen molar-refractivity contribution in [2.24, 2.45) is 5.92 Å².